The summed E-state index contributed by atoms with van der Waals surface area (Å²) in [6.07, 6.45) is -4.80. The molecule has 4 rings (SSSR count). The van der Waals surface area contributed by atoms with E-state index < -0.39 is 23.4 Å². The summed E-state index contributed by atoms with van der Waals surface area (Å²) in [5.41, 5.74) is 1.69. The van der Waals surface area contributed by atoms with Gasteiger partial charge in [-0.1, -0.05) is 48.5 Å². The quantitative estimate of drug-likeness (QED) is 0.666. The molecule has 0 bridgehead atoms. The molecule has 148 valence electrons. The van der Waals surface area contributed by atoms with Gasteiger partial charge in [0, 0.05) is 18.2 Å². The molecule has 29 heavy (non-hydrogen) atoms. The van der Waals surface area contributed by atoms with Crippen LogP contribution in [0.25, 0.3) is 11.1 Å². The Kier molecular flexibility index (Phi) is 4.62. The molecule has 1 heterocycles. The Morgan fingerprint density at radius 2 is 1.62 bits per heavy atom. The number of carbonyl (C=O) groups excluding carboxylic acids is 1. The predicted octanol–water partition coefficient (Wildman–Crippen LogP) is 4.75. The van der Waals surface area contributed by atoms with Crippen molar-refractivity contribution in [3.8, 4) is 11.1 Å². The SMILES string of the molecule is O=C(Nc1c[nH]c(C(F)(F)F)cc1=O)OCC1c2ccccc2-c2ccccc21. The maximum atomic E-state index is 12.6. The van der Waals surface area contributed by atoms with Crippen molar-refractivity contribution in [2.75, 3.05) is 11.9 Å². The lowest BCUT2D eigenvalue weighted by atomic mass is 9.98. The first-order chi connectivity index (χ1) is 13.8. The first kappa shape index (κ1) is 18.8. The summed E-state index contributed by atoms with van der Waals surface area (Å²) in [5, 5.41) is 2.19. The van der Waals surface area contributed by atoms with Crippen LogP contribution < -0.4 is 10.7 Å². The molecule has 1 amide bonds. The fourth-order valence-corrected chi connectivity index (χ4v) is 3.48. The number of anilines is 1. The van der Waals surface area contributed by atoms with Crippen LogP contribution in [0.2, 0.25) is 0 Å². The van der Waals surface area contributed by atoms with Gasteiger partial charge in [-0.15, -0.1) is 0 Å². The van der Waals surface area contributed by atoms with Crippen LogP contribution in [0, 0.1) is 0 Å². The average Bonchev–Trinajstić information content (AvgIpc) is 3.01. The highest BCUT2D eigenvalue weighted by molar-refractivity contribution is 5.84. The third kappa shape index (κ3) is 3.61. The first-order valence-electron chi connectivity index (χ1n) is 8.76. The smallest absolute Gasteiger partial charge is 0.431 e. The molecular weight excluding hydrogens is 385 g/mol. The van der Waals surface area contributed by atoms with Crippen molar-refractivity contribution in [1.82, 2.24) is 4.98 Å². The maximum Gasteiger partial charge on any atom is 0.431 e. The first-order valence-corrected chi connectivity index (χ1v) is 8.76. The number of pyridine rings is 1. The molecule has 2 aromatic carbocycles. The second kappa shape index (κ2) is 7.12. The van der Waals surface area contributed by atoms with Crippen LogP contribution in [0.4, 0.5) is 23.7 Å². The highest BCUT2D eigenvalue weighted by Gasteiger charge is 2.32. The zero-order valence-electron chi connectivity index (χ0n) is 14.9. The lowest BCUT2D eigenvalue weighted by molar-refractivity contribution is -0.141. The number of aromatic nitrogens is 1. The van der Waals surface area contributed by atoms with Crippen LogP contribution in [0.5, 0.6) is 0 Å². The molecule has 0 saturated heterocycles. The van der Waals surface area contributed by atoms with Gasteiger partial charge in [0.05, 0.1) is 0 Å². The van der Waals surface area contributed by atoms with E-state index in [0.29, 0.717) is 6.07 Å². The summed E-state index contributed by atoms with van der Waals surface area (Å²) in [6.45, 7) is 0.0262. The summed E-state index contributed by atoms with van der Waals surface area (Å²) in [7, 11) is 0. The molecule has 3 aromatic rings. The van der Waals surface area contributed by atoms with Crippen molar-refractivity contribution >= 4 is 11.8 Å². The topological polar surface area (TPSA) is 71.2 Å². The third-order valence-corrected chi connectivity index (χ3v) is 4.80. The van der Waals surface area contributed by atoms with Gasteiger partial charge in [0.1, 0.15) is 18.0 Å². The number of hydrogen-bond acceptors (Lipinski definition) is 3. The number of alkyl halides is 3. The lowest BCUT2D eigenvalue weighted by Gasteiger charge is -2.14. The fraction of sp³-hybridized carbons (Fsp3) is 0.143. The molecule has 0 fully saturated rings. The van der Waals surface area contributed by atoms with Crippen LogP contribution in [0.15, 0.2) is 65.6 Å². The Balaban J connectivity index is 1.48. The second-order valence-electron chi connectivity index (χ2n) is 6.57. The summed E-state index contributed by atoms with van der Waals surface area (Å²) < 4.78 is 43.1. The summed E-state index contributed by atoms with van der Waals surface area (Å²) >= 11 is 0. The van der Waals surface area contributed by atoms with Crippen molar-refractivity contribution in [2.45, 2.75) is 12.1 Å². The molecule has 0 unspecified atom stereocenters. The molecule has 1 aliphatic rings. The van der Waals surface area contributed by atoms with Gasteiger partial charge in [-0.2, -0.15) is 13.2 Å². The highest BCUT2D eigenvalue weighted by atomic mass is 19.4. The number of benzene rings is 2. The number of fused-ring (bicyclic) bond motifs is 3. The molecule has 2 N–H and O–H groups in total. The molecule has 8 heteroatoms. The van der Waals surface area contributed by atoms with Gasteiger partial charge in [0.15, 0.2) is 0 Å². The third-order valence-electron chi connectivity index (χ3n) is 4.80. The minimum absolute atomic E-state index is 0.0262. The number of ether oxygens (including phenoxy) is 1. The van der Waals surface area contributed by atoms with E-state index >= 15 is 0 Å². The van der Waals surface area contributed by atoms with E-state index in [9.17, 15) is 22.8 Å². The summed E-state index contributed by atoms with van der Waals surface area (Å²) in [5.74, 6) is -0.168. The van der Waals surface area contributed by atoms with Crippen molar-refractivity contribution in [2.24, 2.45) is 0 Å². The normalized spacial score (nSPS) is 12.9. The van der Waals surface area contributed by atoms with Crippen molar-refractivity contribution < 1.29 is 22.7 Å². The number of H-pyrrole nitrogens is 1. The van der Waals surface area contributed by atoms with Gasteiger partial charge in [0.25, 0.3) is 0 Å². The van der Waals surface area contributed by atoms with Gasteiger partial charge in [-0.25, -0.2) is 4.79 Å². The van der Waals surface area contributed by atoms with Crippen LogP contribution in [-0.4, -0.2) is 17.7 Å². The monoisotopic (exact) mass is 400 g/mol. The average molecular weight is 400 g/mol. The summed E-state index contributed by atoms with van der Waals surface area (Å²) in [6, 6.07) is 16.0. The molecule has 5 nitrogen and oxygen atoms in total. The standard InChI is InChI=1S/C21H15F3N2O3/c22-21(23,24)19-9-18(27)17(10-25-19)26-20(28)29-11-16-14-7-3-1-5-12(14)13-6-2-4-8-15(13)16/h1-10,16H,11H2,(H,25,27)(H,26,28). The Hall–Kier alpha value is -3.55. The van der Waals surface area contributed by atoms with Crippen LogP contribution in [0.3, 0.4) is 0 Å². The maximum absolute atomic E-state index is 12.6. The number of halogens is 3. The number of nitrogens with one attached hydrogen (secondary N) is 2. The molecule has 0 aliphatic heterocycles. The van der Waals surface area contributed by atoms with Crippen molar-refractivity contribution in [3.05, 3.63) is 87.8 Å². The molecule has 0 spiro atoms. The lowest BCUT2D eigenvalue weighted by Crippen LogP contribution is -2.23. The van der Waals surface area contributed by atoms with Gasteiger partial charge in [0.2, 0.25) is 5.43 Å². The molecule has 0 atom stereocenters. The molecule has 0 saturated carbocycles. The molecule has 0 radical (unpaired) electrons. The van der Waals surface area contributed by atoms with E-state index in [-0.39, 0.29) is 18.2 Å². The van der Waals surface area contributed by atoms with Crippen molar-refractivity contribution in [1.29, 1.82) is 0 Å². The predicted molar refractivity (Wildman–Crippen MR) is 101 cm³/mol. The van der Waals surface area contributed by atoms with E-state index in [4.69, 9.17) is 4.74 Å². The van der Waals surface area contributed by atoms with Gasteiger partial charge in [-0.05, 0) is 22.3 Å². The number of carbonyl (C=O) groups is 1. The Morgan fingerprint density at radius 3 is 2.17 bits per heavy atom. The fourth-order valence-electron chi connectivity index (χ4n) is 3.48. The van der Waals surface area contributed by atoms with E-state index in [2.05, 4.69) is 5.32 Å². The van der Waals surface area contributed by atoms with E-state index in [1.807, 2.05) is 53.5 Å². The highest BCUT2D eigenvalue weighted by Crippen LogP contribution is 2.44. The minimum atomic E-state index is -4.68. The van der Waals surface area contributed by atoms with E-state index in [0.717, 1.165) is 28.5 Å². The largest absolute Gasteiger partial charge is 0.448 e. The van der Waals surface area contributed by atoms with Gasteiger partial charge < -0.3 is 9.72 Å². The molecule has 1 aromatic heterocycles. The van der Waals surface area contributed by atoms with E-state index in [1.165, 1.54) is 0 Å². The zero-order valence-corrected chi connectivity index (χ0v) is 14.9. The van der Waals surface area contributed by atoms with Gasteiger partial charge >= 0.3 is 12.3 Å². The number of aromatic amines is 1. The van der Waals surface area contributed by atoms with Crippen molar-refractivity contribution in [3.63, 3.8) is 0 Å². The zero-order chi connectivity index (χ0) is 20.6. The van der Waals surface area contributed by atoms with Crippen LogP contribution in [-0.2, 0) is 10.9 Å². The summed E-state index contributed by atoms with van der Waals surface area (Å²) in [4.78, 5) is 25.9. The molecule has 1 aliphatic carbocycles. The Bertz CT molecular complexity index is 1090. The number of amides is 1. The Labute approximate surface area is 163 Å². The van der Waals surface area contributed by atoms with Gasteiger partial charge in [-0.3, -0.25) is 10.1 Å². The van der Waals surface area contributed by atoms with E-state index in [1.54, 1.807) is 0 Å². The second-order valence-corrected chi connectivity index (χ2v) is 6.57. The minimum Gasteiger partial charge on any atom is -0.448 e. The van der Waals surface area contributed by atoms with Crippen LogP contribution in [0.1, 0.15) is 22.7 Å². The van der Waals surface area contributed by atoms with Crippen LogP contribution >= 0.6 is 0 Å². The number of rotatable bonds is 3. The Morgan fingerprint density at radius 1 is 1.03 bits per heavy atom. The molecular formula is C21H15F3N2O3. The number of hydrogen-bond donors (Lipinski definition) is 2.